The van der Waals surface area contributed by atoms with Crippen molar-refractivity contribution in [1.29, 1.82) is 0 Å². The van der Waals surface area contributed by atoms with Gasteiger partial charge in [-0.05, 0) is 49.4 Å². The van der Waals surface area contributed by atoms with E-state index in [2.05, 4.69) is 20.5 Å². The molecule has 1 atom stereocenters. The molecule has 0 saturated carbocycles. The van der Waals surface area contributed by atoms with Crippen molar-refractivity contribution in [3.05, 3.63) is 53.7 Å². The van der Waals surface area contributed by atoms with E-state index in [1.807, 2.05) is 23.2 Å². The van der Waals surface area contributed by atoms with Crippen molar-refractivity contribution in [3.63, 3.8) is 0 Å². The van der Waals surface area contributed by atoms with E-state index in [0.29, 0.717) is 18.4 Å². The summed E-state index contributed by atoms with van der Waals surface area (Å²) in [5.41, 5.74) is 2.63. The maximum atomic E-state index is 14.0. The molecule has 2 aromatic heterocycles. The van der Waals surface area contributed by atoms with Crippen LogP contribution in [0.3, 0.4) is 0 Å². The van der Waals surface area contributed by atoms with E-state index < -0.39 is 0 Å². The quantitative estimate of drug-likeness (QED) is 0.670. The molecular weight excluding hydrogens is 333 g/mol. The van der Waals surface area contributed by atoms with Crippen molar-refractivity contribution in [1.82, 2.24) is 25.4 Å². The highest BCUT2D eigenvalue weighted by molar-refractivity contribution is 5.84. The molecule has 3 N–H and O–H groups in total. The SMILES string of the molecule is O=C(NCCc1c[nH]c2cccc(F)c12)N1CCCCC1c1ccn[nH]1. The van der Waals surface area contributed by atoms with Gasteiger partial charge in [0, 0.05) is 36.4 Å². The van der Waals surface area contributed by atoms with Crippen molar-refractivity contribution in [2.24, 2.45) is 0 Å². The van der Waals surface area contributed by atoms with Crippen molar-refractivity contribution in [3.8, 4) is 0 Å². The summed E-state index contributed by atoms with van der Waals surface area (Å²) in [5.74, 6) is -0.236. The summed E-state index contributed by atoms with van der Waals surface area (Å²) in [6.07, 6.45) is 7.14. The van der Waals surface area contributed by atoms with E-state index in [0.717, 1.165) is 42.6 Å². The lowest BCUT2D eigenvalue weighted by Gasteiger charge is -2.35. The van der Waals surface area contributed by atoms with Crippen LogP contribution >= 0.6 is 0 Å². The number of halogens is 1. The molecule has 0 radical (unpaired) electrons. The number of H-pyrrole nitrogens is 2. The van der Waals surface area contributed by atoms with Crippen LogP contribution in [0.5, 0.6) is 0 Å². The molecule has 1 aliphatic heterocycles. The number of urea groups is 1. The number of likely N-dealkylation sites (tertiary alicyclic amines) is 1. The summed E-state index contributed by atoms with van der Waals surface area (Å²) < 4.78 is 14.0. The number of carbonyl (C=O) groups excluding carboxylic acids is 1. The molecule has 7 heteroatoms. The number of nitrogens with one attached hydrogen (secondary N) is 3. The fraction of sp³-hybridized carbons (Fsp3) is 0.368. The third-order valence-electron chi connectivity index (χ3n) is 5.05. The summed E-state index contributed by atoms with van der Waals surface area (Å²) in [4.78, 5) is 17.6. The van der Waals surface area contributed by atoms with Crippen LogP contribution in [0.2, 0.25) is 0 Å². The van der Waals surface area contributed by atoms with Crippen LogP contribution in [0.4, 0.5) is 9.18 Å². The Balaban J connectivity index is 1.40. The zero-order valence-corrected chi connectivity index (χ0v) is 14.5. The Morgan fingerprint density at radius 2 is 2.27 bits per heavy atom. The number of aromatic nitrogens is 3. The maximum Gasteiger partial charge on any atom is 0.317 e. The number of fused-ring (bicyclic) bond motifs is 1. The molecule has 0 spiro atoms. The predicted octanol–water partition coefficient (Wildman–Crippen LogP) is 3.51. The minimum atomic E-state index is -0.236. The van der Waals surface area contributed by atoms with Crippen LogP contribution in [-0.2, 0) is 6.42 Å². The lowest BCUT2D eigenvalue weighted by molar-refractivity contribution is 0.150. The predicted molar refractivity (Wildman–Crippen MR) is 97.2 cm³/mol. The topological polar surface area (TPSA) is 76.8 Å². The molecule has 136 valence electrons. The maximum absolute atomic E-state index is 14.0. The first-order valence-corrected chi connectivity index (χ1v) is 9.02. The first kappa shape index (κ1) is 16.6. The van der Waals surface area contributed by atoms with Crippen LogP contribution in [0.15, 0.2) is 36.7 Å². The van der Waals surface area contributed by atoms with Crippen molar-refractivity contribution < 1.29 is 9.18 Å². The Labute approximate surface area is 150 Å². The normalized spacial score (nSPS) is 17.6. The molecule has 2 amide bonds. The Morgan fingerprint density at radius 1 is 1.35 bits per heavy atom. The lowest BCUT2D eigenvalue weighted by atomic mass is 10.00. The molecule has 1 fully saturated rings. The van der Waals surface area contributed by atoms with Gasteiger partial charge in [-0.1, -0.05) is 6.07 Å². The Kier molecular flexibility index (Phi) is 4.60. The molecule has 1 aromatic carbocycles. The highest BCUT2D eigenvalue weighted by Crippen LogP contribution is 2.29. The summed E-state index contributed by atoms with van der Waals surface area (Å²) in [6, 6.07) is 6.88. The van der Waals surface area contributed by atoms with E-state index in [-0.39, 0.29) is 17.9 Å². The van der Waals surface area contributed by atoms with E-state index in [9.17, 15) is 9.18 Å². The van der Waals surface area contributed by atoms with Gasteiger partial charge in [0.05, 0.1) is 11.7 Å². The summed E-state index contributed by atoms with van der Waals surface area (Å²) in [5, 5.41) is 10.6. The van der Waals surface area contributed by atoms with E-state index in [1.54, 1.807) is 12.3 Å². The van der Waals surface area contributed by atoms with Crippen molar-refractivity contribution >= 4 is 16.9 Å². The molecule has 4 rings (SSSR count). The second-order valence-electron chi connectivity index (χ2n) is 6.68. The van der Waals surface area contributed by atoms with Crippen LogP contribution in [0, 0.1) is 5.82 Å². The Hall–Kier alpha value is -2.83. The van der Waals surface area contributed by atoms with E-state index >= 15 is 0 Å². The monoisotopic (exact) mass is 355 g/mol. The van der Waals surface area contributed by atoms with Gasteiger partial charge in [0.15, 0.2) is 0 Å². The van der Waals surface area contributed by atoms with Gasteiger partial charge in [-0.25, -0.2) is 9.18 Å². The van der Waals surface area contributed by atoms with Crippen LogP contribution in [0.25, 0.3) is 10.9 Å². The van der Waals surface area contributed by atoms with E-state index in [1.165, 1.54) is 6.07 Å². The van der Waals surface area contributed by atoms with Crippen LogP contribution < -0.4 is 5.32 Å². The van der Waals surface area contributed by atoms with Gasteiger partial charge in [-0.2, -0.15) is 5.10 Å². The first-order chi connectivity index (χ1) is 12.7. The second-order valence-corrected chi connectivity index (χ2v) is 6.68. The van der Waals surface area contributed by atoms with Crippen molar-refractivity contribution in [2.45, 2.75) is 31.7 Å². The second kappa shape index (κ2) is 7.19. The number of rotatable bonds is 4. The molecule has 3 aromatic rings. The van der Waals surface area contributed by atoms with Crippen LogP contribution in [-0.4, -0.2) is 39.2 Å². The standard InChI is InChI=1S/C19H22FN5O/c20-14-4-3-5-16-18(14)13(12-22-16)7-9-21-19(26)25-11-2-1-6-17(25)15-8-10-23-24-15/h3-5,8,10,12,17,22H,1-2,6-7,9,11H2,(H,21,26)(H,23,24). The zero-order valence-electron chi connectivity index (χ0n) is 14.5. The third kappa shape index (κ3) is 3.16. The summed E-state index contributed by atoms with van der Waals surface area (Å²) in [7, 11) is 0. The molecule has 3 heterocycles. The number of nitrogens with zero attached hydrogens (tertiary/aromatic N) is 2. The summed E-state index contributed by atoms with van der Waals surface area (Å²) >= 11 is 0. The Morgan fingerprint density at radius 3 is 3.12 bits per heavy atom. The largest absolute Gasteiger partial charge is 0.361 e. The van der Waals surface area contributed by atoms with Gasteiger partial charge in [-0.15, -0.1) is 0 Å². The van der Waals surface area contributed by atoms with Gasteiger partial charge < -0.3 is 15.2 Å². The fourth-order valence-corrected chi connectivity index (χ4v) is 3.76. The minimum Gasteiger partial charge on any atom is -0.361 e. The smallest absolute Gasteiger partial charge is 0.317 e. The number of benzene rings is 1. The molecule has 0 bridgehead atoms. The molecule has 1 unspecified atom stereocenters. The molecule has 1 saturated heterocycles. The Bertz CT molecular complexity index is 889. The molecule has 26 heavy (non-hydrogen) atoms. The number of piperidine rings is 1. The zero-order chi connectivity index (χ0) is 17.9. The highest BCUT2D eigenvalue weighted by Gasteiger charge is 2.28. The fourth-order valence-electron chi connectivity index (χ4n) is 3.76. The number of amides is 2. The average molecular weight is 355 g/mol. The van der Waals surface area contributed by atoms with E-state index in [4.69, 9.17) is 0 Å². The molecule has 6 nitrogen and oxygen atoms in total. The van der Waals surface area contributed by atoms with Crippen LogP contribution in [0.1, 0.15) is 36.6 Å². The summed E-state index contributed by atoms with van der Waals surface area (Å²) in [6.45, 7) is 1.20. The number of hydrogen-bond donors (Lipinski definition) is 3. The van der Waals surface area contributed by atoms with Gasteiger partial charge >= 0.3 is 6.03 Å². The molecule has 1 aliphatic rings. The molecule has 0 aliphatic carbocycles. The third-order valence-corrected chi connectivity index (χ3v) is 5.05. The van der Waals surface area contributed by atoms with Gasteiger partial charge in [0.25, 0.3) is 0 Å². The molecular formula is C19H22FN5O. The van der Waals surface area contributed by atoms with Gasteiger partial charge in [0.2, 0.25) is 0 Å². The average Bonchev–Trinajstić information content (AvgIpc) is 3.32. The lowest BCUT2D eigenvalue weighted by Crippen LogP contribution is -2.45. The number of carbonyl (C=O) groups is 1. The van der Waals surface area contributed by atoms with Crippen molar-refractivity contribution in [2.75, 3.05) is 13.1 Å². The minimum absolute atomic E-state index is 0.0387. The van der Waals surface area contributed by atoms with Gasteiger partial charge in [0.1, 0.15) is 5.82 Å². The number of aromatic amines is 2. The number of hydrogen-bond acceptors (Lipinski definition) is 2. The highest BCUT2D eigenvalue weighted by atomic mass is 19.1. The first-order valence-electron chi connectivity index (χ1n) is 9.02. The van der Waals surface area contributed by atoms with Gasteiger partial charge in [-0.3, -0.25) is 5.10 Å².